The van der Waals surface area contributed by atoms with Gasteiger partial charge in [-0.25, -0.2) is 4.79 Å². The second kappa shape index (κ2) is 4.61. The normalized spacial score (nSPS) is 19.3. The molecule has 0 aromatic heterocycles. The Morgan fingerprint density at radius 1 is 1.33 bits per heavy atom. The summed E-state index contributed by atoms with van der Waals surface area (Å²) >= 11 is 0. The fraction of sp³-hybridized carbons (Fsp3) is 0.800. The zero-order valence-corrected chi connectivity index (χ0v) is 9.78. The Kier molecular flexibility index (Phi) is 3.68. The number of urea groups is 1. The lowest BCUT2D eigenvalue weighted by molar-refractivity contribution is -0.126. The topological polar surface area (TPSA) is 52.7 Å². The summed E-state index contributed by atoms with van der Waals surface area (Å²) in [4.78, 5) is 26.3. The van der Waals surface area contributed by atoms with E-state index in [1.807, 2.05) is 27.8 Å². The van der Waals surface area contributed by atoms with E-state index < -0.39 is 0 Å². The van der Waals surface area contributed by atoms with Crippen LogP contribution < -0.4 is 5.32 Å². The highest BCUT2D eigenvalue weighted by molar-refractivity contribution is 6.02. The first-order chi connectivity index (χ1) is 6.97. The third kappa shape index (κ3) is 2.47. The van der Waals surface area contributed by atoms with Gasteiger partial charge in [-0.1, -0.05) is 0 Å². The number of hydrogen-bond donors (Lipinski definition) is 1. The minimum absolute atomic E-state index is 0.0557. The van der Waals surface area contributed by atoms with E-state index >= 15 is 0 Å². The van der Waals surface area contributed by atoms with Crippen LogP contribution in [0.3, 0.4) is 0 Å². The van der Waals surface area contributed by atoms with Crippen molar-refractivity contribution in [1.82, 2.24) is 15.1 Å². The van der Waals surface area contributed by atoms with Gasteiger partial charge < -0.3 is 10.2 Å². The van der Waals surface area contributed by atoms with Crippen molar-refractivity contribution in [3.63, 3.8) is 0 Å². The molecule has 1 aliphatic rings. The molecule has 0 spiro atoms. The summed E-state index contributed by atoms with van der Waals surface area (Å²) in [7, 11) is 1.84. The molecular formula is C10H19N3O2. The number of rotatable bonds is 4. The van der Waals surface area contributed by atoms with Crippen molar-refractivity contribution in [2.24, 2.45) is 0 Å². The molecular weight excluding hydrogens is 194 g/mol. The molecule has 1 aliphatic heterocycles. The molecule has 1 unspecified atom stereocenters. The van der Waals surface area contributed by atoms with Crippen LogP contribution in [0.25, 0.3) is 0 Å². The largest absolute Gasteiger partial charge is 0.327 e. The van der Waals surface area contributed by atoms with Crippen molar-refractivity contribution in [2.45, 2.75) is 32.9 Å². The second-order valence-corrected chi connectivity index (χ2v) is 4.21. The Bertz CT molecular complexity index is 265. The number of nitrogens with one attached hydrogen (secondary N) is 1. The van der Waals surface area contributed by atoms with Gasteiger partial charge in [0.15, 0.2) is 0 Å². The van der Waals surface area contributed by atoms with Crippen LogP contribution in [0.5, 0.6) is 0 Å². The molecule has 1 rings (SSSR count). The molecule has 1 N–H and O–H groups in total. The quantitative estimate of drug-likeness (QED) is 0.682. The van der Waals surface area contributed by atoms with E-state index in [1.165, 1.54) is 4.90 Å². The Balaban J connectivity index is 2.65. The van der Waals surface area contributed by atoms with Gasteiger partial charge in [-0.05, 0) is 27.8 Å². The number of imide groups is 1. The van der Waals surface area contributed by atoms with Gasteiger partial charge in [0.1, 0.15) is 6.54 Å². The SMILES string of the molecule is CNC(C)CN1CC(=O)N(C(C)C)C1=O. The van der Waals surface area contributed by atoms with Gasteiger partial charge in [-0.2, -0.15) is 0 Å². The number of carbonyl (C=O) groups is 2. The first-order valence-electron chi connectivity index (χ1n) is 5.25. The minimum Gasteiger partial charge on any atom is -0.316 e. The predicted octanol–water partition coefficient (Wildman–Crippen LogP) is 0.267. The van der Waals surface area contributed by atoms with Crippen LogP contribution in [-0.2, 0) is 4.79 Å². The predicted molar refractivity (Wildman–Crippen MR) is 57.5 cm³/mol. The molecule has 1 fully saturated rings. The van der Waals surface area contributed by atoms with Crippen LogP contribution in [0.15, 0.2) is 0 Å². The molecule has 0 radical (unpaired) electrons. The van der Waals surface area contributed by atoms with Crippen molar-refractivity contribution in [2.75, 3.05) is 20.1 Å². The van der Waals surface area contributed by atoms with E-state index in [1.54, 1.807) is 4.90 Å². The highest BCUT2D eigenvalue weighted by atomic mass is 16.2. The van der Waals surface area contributed by atoms with Gasteiger partial charge in [0.2, 0.25) is 0 Å². The lowest BCUT2D eigenvalue weighted by atomic mass is 10.3. The second-order valence-electron chi connectivity index (χ2n) is 4.21. The summed E-state index contributed by atoms with van der Waals surface area (Å²) in [5.41, 5.74) is 0. The molecule has 0 aliphatic carbocycles. The van der Waals surface area contributed by atoms with Crippen molar-refractivity contribution < 1.29 is 9.59 Å². The third-order valence-corrected chi connectivity index (χ3v) is 2.57. The summed E-state index contributed by atoms with van der Waals surface area (Å²) < 4.78 is 0. The zero-order chi connectivity index (χ0) is 11.6. The average Bonchev–Trinajstić information content (AvgIpc) is 2.41. The van der Waals surface area contributed by atoms with E-state index in [4.69, 9.17) is 0 Å². The van der Waals surface area contributed by atoms with Gasteiger partial charge in [0.05, 0.1) is 0 Å². The number of hydrogen-bond acceptors (Lipinski definition) is 3. The molecule has 1 saturated heterocycles. The maximum absolute atomic E-state index is 11.8. The number of likely N-dealkylation sites (N-methyl/N-ethyl adjacent to an activating group) is 1. The monoisotopic (exact) mass is 213 g/mol. The number of carbonyl (C=O) groups excluding carboxylic acids is 2. The molecule has 15 heavy (non-hydrogen) atoms. The van der Waals surface area contributed by atoms with Crippen molar-refractivity contribution >= 4 is 11.9 Å². The Morgan fingerprint density at radius 3 is 2.33 bits per heavy atom. The van der Waals surface area contributed by atoms with Gasteiger partial charge >= 0.3 is 6.03 Å². The summed E-state index contributed by atoms with van der Waals surface area (Å²) in [6.07, 6.45) is 0. The van der Waals surface area contributed by atoms with Crippen LogP contribution in [0.4, 0.5) is 4.79 Å². The lowest BCUT2D eigenvalue weighted by Crippen LogP contribution is -2.42. The van der Waals surface area contributed by atoms with E-state index in [9.17, 15) is 9.59 Å². The van der Waals surface area contributed by atoms with Crippen LogP contribution in [0.2, 0.25) is 0 Å². The van der Waals surface area contributed by atoms with Crippen molar-refractivity contribution in [1.29, 1.82) is 0 Å². The minimum atomic E-state index is -0.169. The van der Waals surface area contributed by atoms with E-state index in [0.717, 1.165) is 0 Å². The molecule has 0 aromatic carbocycles. The summed E-state index contributed by atoms with van der Waals surface area (Å²) in [6.45, 7) is 6.46. The first kappa shape index (κ1) is 12.0. The van der Waals surface area contributed by atoms with Gasteiger partial charge in [-0.15, -0.1) is 0 Å². The molecule has 0 bridgehead atoms. The fourth-order valence-electron chi connectivity index (χ4n) is 1.64. The molecule has 5 nitrogen and oxygen atoms in total. The van der Waals surface area contributed by atoms with Crippen LogP contribution in [0, 0.1) is 0 Å². The lowest BCUT2D eigenvalue weighted by Gasteiger charge is -2.22. The van der Waals surface area contributed by atoms with Crippen molar-refractivity contribution in [3.8, 4) is 0 Å². The highest BCUT2D eigenvalue weighted by Crippen LogP contribution is 2.13. The van der Waals surface area contributed by atoms with Crippen LogP contribution in [0.1, 0.15) is 20.8 Å². The van der Waals surface area contributed by atoms with E-state index in [0.29, 0.717) is 6.54 Å². The highest BCUT2D eigenvalue weighted by Gasteiger charge is 2.37. The molecule has 1 heterocycles. The van der Waals surface area contributed by atoms with Crippen LogP contribution >= 0.6 is 0 Å². The van der Waals surface area contributed by atoms with Gasteiger partial charge in [0.25, 0.3) is 5.91 Å². The smallest absolute Gasteiger partial charge is 0.316 e. The molecule has 3 amide bonds. The Labute approximate surface area is 90.4 Å². The van der Waals surface area contributed by atoms with Crippen molar-refractivity contribution in [3.05, 3.63) is 0 Å². The Hall–Kier alpha value is -1.10. The molecule has 5 heteroatoms. The van der Waals surface area contributed by atoms with Gasteiger partial charge in [-0.3, -0.25) is 9.69 Å². The molecule has 86 valence electrons. The maximum Gasteiger partial charge on any atom is 0.327 e. The molecule has 0 aromatic rings. The van der Waals surface area contributed by atoms with Crippen LogP contribution in [-0.4, -0.2) is 54.0 Å². The fourth-order valence-corrected chi connectivity index (χ4v) is 1.64. The third-order valence-electron chi connectivity index (χ3n) is 2.57. The number of nitrogens with zero attached hydrogens (tertiary/aromatic N) is 2. The summed E-state index contributed by atoms with van der Waals surface area (Å²) in [5.74, 6) is -0.0988. The van der Waals surface area contributed by atoms with E-state index in [2.05, 4.69) is 5.32 Å². The zero-order valence-electron chi connectivity index (χ0n) is 9.78. The van der Waals surface area contributed by atoms with Gasteiger partial charge in [0, 0.05) is 18.6 Å². The Morgan fingerprint density at radius 2 is 1.93 bits per heavy atom. The average molecular weight is 213 g/mol. The number of amides is 3. The molecule has 1 atom stereocenters. The first-order valence-corrected chi connectivity index (χ1v) is 5.25. The standard InChI is InChI=1S/C10H19N3O2/c1-7(2)13-9(14)6-12(10(13)15)5-8(3)11-4/h7-8,11H,5-6H2,1-4H3. The van der Waals surface area contributed by atoms with E-state index in [-0.39, 0.29) is 30.6 Å². The summed E-state index contributed by atoms with van der Waals surface area (Å²) in [5, 5.41) is 3.05. The molecule has 0 saturated carbocycles. The summed E-state index contributed by atoms with van der Waals surface area (Å²) in [6, 6.07) is -0.0224. The maximum atomic E-state index is 11.8.